The zero-order valence-corrected chi connectivity index (χ0v) is 11.7. The van der Waals surface area contributed by atoms with Crippen LogP contribution in [0.25, 0.3) is 0 Å². The van der Waals surface area contributed by atoms with E-state index >= 15 is 0 Å². The molecule has 0 aliphatic carbocycles. The van der Waals surface area contributed by atoms with Crippen LogP contribution in [0.2, 0.25) is 0 Å². The molecular formula is C14H21N3O3. The second-order valence-corrected chi connectivity index (χ2v) is 5.31. The molecule has 1 aliphatic rings. The third-order valence-electron chi connectivity index (χ3n) is 3.66. The number of hydrogen-bond acceptors (Lipinski definition) is 4. The molecule has 0 atom stereocenters. The van der Waals surface area contributed by atoms with Crippen LogP contribution in [0.1, 0.15) is 18.6 Å². The van der Waals surface area contributed by atoms with Gasteiger partial charge in [0.05, 0.1) is 19.4 Å². The van der Waals surface area contributed by atoms with E-state index in [9.17, 15) is 9.59 Å². The van der Waals surface area contributed by atoms with Crippen LogP contribution in [0.15, 0.2) is 22.8 Å². The molecule has 0 bridgehead atoms. The Hall–Kier alpha value is -1.82. The SMILES string of the molecule is CN(CC(=O)N1CCC(C(N)=O)CC1)Cc1ccco1. The molecule has 0 aromatic carbocycles. The van der Waals surface area contributed by atoms with Gasteiger partial charge in [0.25, 0.3) is 0 Å². The Bertz CT molecular complexity index is 450. The summed E-state index contributed by atoms with van der Waals surface area (Å²) in [6.45, 7) is 2.18. The minimum Gasteiger partial charge on any atom is -0.468 e. The first kappa shape index (κ1) is 14.6. The summed E-state index contributed by atoms with van der Waals surface area (Å²) in [6, 6.07) is 3.72. The molecule has 110 valence electrons. The largest absolute Gasteiger partial charge is 0.468 e. The number of primary amides is 1. The summed E-state index contributed by atoms with van der Waals surface area (Å²) in [6.07, 6.45) is 2.96. The lowest BCUT2D eigenvalue weighted by molar-refractivity contribution is -0.135. The number of nitrogens with zero attached hydrogens (tertiary/aromatic N) is 2. The van der Waals surface area contributed by atoms with Gasteiger partial charge in [-0.2, -0.15) is 0 Å². The number of hydrogen-bond donors (Lipinski definition) is 1. The van der Waals surface area contributed by atoms with Gasteiger partial charge < -0.3 is 15.1 Å². The molecule has 1 aromatic rings. The summed E-state index contributed by atoms with van der Waals surface area (Å²) in [5.41, 5.74) is 5.28. The van der Waals surface area contributed by atoms with Crippen LogP contribution in [0.3, 0.4) is 0 Å². The normalized spacial score (nSPS) is 16.6. The van der Waals surface area contributed by atoms with E-state index in [0.717, 1.165) is 5.76 Å². The zero-order chi connectivity index (χ0) is 14.5. The molecule has 2 heterocycles. The highest BCUT2D eigenvalue weighted by molar-refractivity contribution is 5.80. The van der Waals surface area contributed by atoms with Crippen LogP contribution in [0.5, 0.6) is 0 Å². The minimum atomic E-state index is -0.257. The predicted octanol–water partition coefficient (Wildman–Crippen LogP) is 0.435. The van der Waals surface area contributed by atoms with E-state index in [2.05, 4.69) is 0 Å². The molecule has 2 N–H and O–H groups in total. The summed E-state index contributed by atoms with van der Waals surface area (Å²) in [5.74, 6) is 0.585. The second kappa shape index (κ2) is 6.56. The summed E-state index contributed by atoms with van der Waals surface area (Å²) in [5, 5.41) is 0. The Balaban J connectivity index is 1.76. The van der Waals surface area contributed by atoms with E-state index < -0.39 is 0 Å². The molecule has 0 radical (unpaired) electrons. The Morgan fingerprint density at radius 2 is 2.15 bits per heavy atom. The maximum atomic E-state index is 12.2. The first-order valence-corrected chi connectivity index (χ1v) is 6.84. The molecule has 6 heteroatoms. The average Bonchev–Trinajstić information content (AvgIpc) is 2.91. The quantitative estimate of drug-likeness (QED) is 0.848. The summed E-state index contributed by atoms with van der Waals surface area (Å²) in [7, 11) is 1.89. The van der Waals surface area contributed by atoms with Gasteiger partial charge in [0.1, 0.15) is 5.76 Å². The van der Waals surface area contributed by atoms with Crippen LogP contribution >= 0.6 is 0 Å². The third-order valence-corrected chi connectivity index (χ3v) is 3.66. The number of furan rings is 1. The number of carbonyl (C=O) groups is 2. The highest BCUT2D eigenvalue weighted by Crippen LogP contribution is 2.16. The van der Waals surface area contributed by atoms with E-state index in [0.29, 0.717) is 39.0 Å². The smallest absolute Gasteiger partial charge is 0.236 e. The molecule has 20 heavy (non-hydrogen) atoms. The van der Waals surface area contributed by atoms with Gasteiger partial charge in [0.15, 0.2) is 0 Å². The van der Waals surface area contributed by atoms with Gasteiger partial charge in [-0.3, -0.25) is 14.5 Å². The van der Waals surface area contributed by atoms with Crippen LogP contribution < -0.4 is 5.73 Å². The maximum Gasteiger partial charge on any atom is 0.236 e. The van der Waals surface area contributed by atoms with Crippen molar-refractivity contribution in [3.63, 3.8) is 0 Å². The first-order valence-electron chi connectivity index (χ1n) is 6.84. The van der Waals surface area contributed by atoms with Crippen LogP contribution in [0.4, 0.5) is 0 Å². The van der Waals surface area contributed by atoms with Crippen molar-refractivity contribution in [1.82, 2.24) is 9.80 Å². The molecule has 1 aliphatic heterocycles. The fourth-order valence-corrected chi connectivity index (χ4v) is 2.47. The van der Waals surface area contributed by atoms with Crippen molar-refractivity contribution in [2.24, 2.45) is 11.7 Å². The maximum absolute atomic E-state index is 12.2. The van der Waals surface area contributed by atoms with Crippen molar-refractivity contribution in [1.29, 1.82) is 0 Å². The predicted molar refractivity (Wildman–Crippen MR) is 73.5 cm³/mol. The average molecular weight is 279 g/mol. The Kier molecular flexibility index (Phi) is 4.79. The first-order chi connectivity index (χ1) is 9.56. The monoisotopic (exact) mass is 279 g/mol. The molecule has 1 aromatic heterocycles. The van der Waals surface area contributed by atoms with Crippen molar-refractivity contribution in [3.05, 3.63) is 24.2 Å². The number of likely N-dealkylation sites (N-methyl/N-ethyl adjacent to an activating group) is 1. The highest BCUT2D eigenvalue weighted by Gasteiger charge is 2.26. The molecular weight excluding hydrogens is 258 g/mol. The number of carbonyl (C=O) groups excluding carboxylic acids is 2. The lowest BCUT2D eigenvalue weighted by Gasteiger charge is -2.31. The van der Waals surface area contributed by atoms with Gasteiger partial charge in [-0.25, -0.2) is 0 Å². The van der Waals surface area contributed by atoms with Gasteiger partial charge in [-0.1, -0.05) is 0 Å². The molecule has 2 amide bonds. The Labute approximate surface area is 118 Å². The second-order valence-electron chi connectivity index (χ2n) is 5.31. The van der Waals surface area contributed by atoms with E-state index in [-0.39, 0.29) is 17.7 Å². The molecule has 0 spiro atoms. The standard InChI is InChI=1S/C14H21N3O3/c1-16(9-12-3-2-8-20-12)10-13(18)17-6-4-11(5-7-17)14(15)19/h2-3,8,11H,4-7,9-10H2,1H3,(H2,15,19). The topological polar surface area (TPSA) is 79.8 Å². The van der Waals surface area contributed by atoms with E-state index in [4.69, 9.17) is 10.2 Å². The number of rotatable bonds is 5. The van der Waals surface area contributed by atoms with Gasteiger partial charge >= 0.3 is 0 Å². The molecule has 1 saturated heterocycles. The van der Waals surface area contributed by atoms with Crippen LogP contribution in [-0.4, -0.2) is 48.3 Å². The molecule has 2 rings (SSSR count). The van der Waals surface area contributed by atoms with E-state index in [1.165, 1.54) is 0 Å². The van der Waals surface area contributed by atoms with Crippen molar-refractivity contribution >= 4 is 11.8 Å². The summed E-state index contributed by atoms with van der Waals surface area (Å²) >= 11 is 0. The summed E-state index contributed by atoms with van der Waals surface area (Å²) in [4.78, 5) is 27.0. The number of nitrogens with two attached hydrogens (primary N) is 1. The van der Waals surface area contributed by atoms with Crippen LogP contribution in [-0.2, 0) is 16.1 Å². The van der Waals surface area contributed by atoms with Gasteiger partial charge in [-0.15, -0.1) is 0 Å². The van der Waals surface area contributed by atoms with Crippen LogP contribution in [0, 0.1) is 5.92 Å². The van der Waals surface area contributed by atoms with Gasteiger partial charge in [0, 0.05) is 19.0 Å². The van der Waals surface area contributed by atoms with Gasteiger partial charge in [0.2, 0.25) is 11.8 Å². The van der Waals surface area contributed by atoms with E-state index in [1.807, 2.05) is 24.1 Å². The van der Waals surface area contributed by atoms with Crippen molar-refractivity contribution in [2.45, 2.75) is 19.4 Å². The molecule has 1 fully saturated rings. The Morgan fingerprint density at radius 1 is 1.45 bits per heavy atom. The number of piperidine rings is 1. The zero-order valence-electron chi connectivity index (χ0n) is 11.7. The van der Waals surface area contributed by atoms with Crippen molar-refractivity contribution < 1.29 is 14.0 Å². The van der Waals surface area contributed by atoms with Crippen molar-refractivity contribution in [2.75, 3.05) is 26.7 Å². The number of likely N-dealkylation sites (tertiary alicyclic amines) is 1. The lowest BCUT2D eigenvalue weighted by atomic mass is 9.96. The molecule has 0 saturated carbocycles. The fourth-order valence-electron chi connectivity index (χ4n) is 2.47. The highest BCUT2D eigenvalue weighted by atomic mass is 16.3. The number of amides is 2. The fraction of sp³-hybridized carbons (Fsp3) is 0.571. The van der Waals surface area contributed by atoms with E-state index in [1.54, 1.807) is 11.2 Å². The molecule has 6 nitrogen and oxygen atoms in total. The minimum absolute atomic E-state index is 0.0834. The molecule has 0 unspecified atom stereocenters. The van der Waals surface area contributed by atoms with Gasteiger partial charge in [-0.05, 0) is 32.0 Å². The van der Waals surface area contributed by atoms with Crippen molar-refractivity contribution in [3.8, 4) is 0 Å². The third kappa shape index (κ3) is 3.84. The lowest BCUT2D eigenvalue weighted by Crippen LogP contribution is -2.45. The Morgan fingerprint density at radius 3 is 2.70 bits per heavy atom. The summed E-state index contributed by atoms with van der Waals surface area (Å²) < 4.78 is 5.25.